The third-order valence-corrected chi connectivity index (χ3v) is 5.64. The first-order chi connectivity index (χ1) is 12.5. The van der Waals surface area contributed by atoms with E-state index in [2.05, 4.69) is 35.6 Å². The largest absolute Gasteiger partial charge is 0.441 e. The lowest BCUT2D eigenvalue weighted by Crippen LogP contribution is -2.47. The van der Waals surface area contributed by atoms with E-state index in [1.807, 2.05) is 17.3 Å². The number of nitrogens with zero attached hydrogens (tertiary/aromatic N) is 4. The molecule has 144 valence electrons. The molecule has 2 aliphatic heterocycles. The Morgan fingerprint density at radius 3 is 2.50 bits per heavy atom. The monoisotopic (exact) mass is 360 g/mol. The minimum atomic E-state index is -0.281. The van der Waals surface area contributed by atoms with Crippen molar-refractivity contribution in [3.8, 4) is 0 Å². The van der Waals surface area contributed by atoms with Crippen LogP contribution in [0, 0.1) is 0 Å². The number of amides is 1. The second-order valence-corrected chi connectivity index (χ2v) is 7.85. The van der Waals surface area contributed by atoms with Crippen LogP contribution in [0.3, 0.4) is 0 Å². The molecule has 1 atom stereocenters. The van der Waals surface area contributed by atoms with Crippen molar-refractivity contribution in [1.82, 2.24) is 19.8 Å². The average molecular weight is 361 g/mol. The second kappa shape index (κ2) is 8.33. The zero-order valence-electron chi connectivity index (χ0n) is 16.4. The highest BCUT2D eigenvalue weighted by Crippen LogP contribution is 2.35. The molecule has 0 unspecified atom stereocenters. The molecule has 0 radical (unpaired) electrons. The van der Waals surface area contributed by atoms with E-state index in [1.54, 1.807) is 0 Å². The van der Waals surface area contributed by atoms with Crippen LogP contribution in [0.2, 0.25) is 0 Å². The van der Waals surface area contributed by atoms with Gasteiger partial charge in [-0.3, -0.25) is 4.90 Å². The third kappa shape index (κ3) is 4.34. The molecule has 6 nitrogen and oxygen atoms in total. The molecular weight excluding hydrogens is 328 g/mol. The Hall–Kier alpha value is -1.69. The summed E-state index contributed by atoms with van der Waals surface area (Å²) in [5.41, 5.74) is 0.874. The van der Waals surface area contributed by atoms with Crippen LogP contribution in [0.4, 0.5) is 4.79 Å². The van der Waals surface area contributed by atoms with E-state index in [0.29, 0.717) is 0 Å². The summed E-state index contributed by atoms with van der Waals surface area (Å²) in [4.78, 5) is 25.5. The van der Waals surface area contributed by atoms with E-state index in [4.69, 9.17) is 4.74 Å². The van der Waals surface area contributed by atoms with Crippen LogP contribution >= 0.6 is 0 Å². The lowest BCUT2D eigenvalue weighted by molar-refractivity contribution is -0.00136. The molecule has 0 saturated carbocycles. The fourth-order valence-corrected chi connectivity index (χ4v) is 4.01. The summed E-state index contributed by atoms with van der Waals surface area (Å²) >= 11 is 0. The van der Waals surface area contributed by atoms with Crippen molar-refractivity contribution in [2.24, 2.45) is 0 Å². The number of carbonyl (C=O) groups is 1. The van der Waals surface area contributed by atoms with Gasteiger partial charge in [-0.15, -0.1) is 0 Å². The molecule has 6 heteroatoms. The zero-order chi connectivity index (χ0) is 18.6. The van der Waals surface area contributed by atoms with Gasteiger partial charge in [0.25, 0.3) is 0 Å². The number of hydrogen-bond acceptors (Lipinski definition) is 5. The third-order valence-electron chi connectivity index (χ3n) is 5.64. The van der Waals surface area contributed by atoms with Gasteiger partial charge in [0.1, 0.15) is 11.4 Å². The van der Waals surface area contributed by atoms with Crippen LogP contribution in [0.15, 0.2) is 12.4 Å². The number of carbonyl (C=O) groups excluding carboxylic acids is 1. The van der Waals surface area contributed by atoms with Crippen LogP contribution in [0.1, 0.15) is 64.3 Å². The second-order valence-electron chi connectivity index (χ2n) is 7.85. The van der Waals surface area contributed by atoms with Gasteiger partial charge in [-0.2, -0.15) is 0 Å². The molecule has 1 amide bonds. The van der Waals surface area contributed by atoms with Crippen molar-refractivity contribution >= 4 is 6.09 Å². The Labute approximate surface area is 156 Å². The Morgan fingerprint density at radius 2 is 1.88 bits per heavy atom. The summed E-state index contributed by atoms with van der Waals surface area (Å²) in [6.07, 6.45) is 9.71. The van der Waals surface area contributed by atoms with E-state index >= 15 is 0 Å². The van der Waals surface area contributed by atoms with E-state index in [1.165, 1.54) is 0 Å². The molecule has 1 aromatic rings. The number of piperidine rings is 1. The van der Waals surface area contributed by atoms with Gasteiger partial charge < -0.3 is 9.64 Å². The van der Waals surface area contributed by atoms with Gasteiger partial charge in [-0.05, 0) is 19.8 Å². The highest BCUT2D eigenvalue weighted by atomic mass is 16.6. The molecule has 26 heavy (non-hydrogen) atoms. The Morgan fingerprint density at radius 1 is 1.19 bits per heavy atom. The van der Waals surface area contributed by atoms with E-state index < -0.39 is 0 Å². The van der Waals surface area contributed by atoms with Crippen LogP contribution in [0.5, 0.6) is 0 Å². The maximum absolute atomic E-state index is 12.3. The van der Waals surface area contributed by atoms with Crippen molar-refractivity contribution in [2.75, 3.05) is 19.6 Å². The van der Waals surface area contributed by atoms with Gasteiger partial charge >= 0.3 is 6.09 Å². The van der Waals surface area contributed by atoms with Crippen LogP contribution in [-0.2, 0) is 17.7 Å². The van der Waals surface area contributed by atoms with Gasteiger partial charge in [0, 0.05) is 62.9 Å². The first-order valence-corrected chi connectivity index (χ1v) is 10.1. The molecule has 2 fully saturated rings. The summed E-state index contributed by atoms with van der Waals surface area (Å²) in [6, 6.07) is 0.267. The molecule has 0 aliphatic carbocycles. The number of likely N-dealkylation sites (tertiary alicyclic amines) is 1. The van der Waals surface area contributed by atoms with Gasteiger partial charge in [-0.1, -0.05) is 20.3 Å². The normalized spacial score (nSPS) is 21.2. The van der Waals surface area contributed by atoms with Crippen LogP contribution in [0.25, 0.3) is 0 Å². The van der Waals surface area contributed by atoms with Crippen molar-refractivity contribution in [1.29, 1.82) is 0 Å². The van der Waals surface area contributed by atoms with Crippen molar-refractivity contribution < 1.29 is 9.53 Å². The molecule has 3 heterocycles. The molecule has 0 bridgehead atoms. The number of aromatic nitrogens is 2. The number of rotatable bonds is 7. The molecule has 1 spiro atoms. The predicted octanol–water partition coefficient (Wildman–Crippen LogP) is 3.40. The average Bonchev–Trinajstić information content (AvgIpc) is 2.96. The molecule has 0 N–H and O–H groups in total. The first kappa shape index (κ1) is 19.1. The smallest absolute Gasteiger partial charge is 0.410 e. The quantitative estimate of drug-likeness (QED) is 0.746. The molecular formula is C20H32N4O2. The fraction of sp³-hybridized carbons (Fsp3) is 0.750. The highest BCUT2D eigenvalue weighted by molar-refractivity contribution is 5.71. The van der Waals surface area contributed by atoms with Gasteiger partial charge in [0.2, 0.25) is 0 Å². The van der Waals surface area contributed by atoms with E-state index in [0.717, 1.165) is 76.1 Å². The molecule has 1 aromatic heterocycles. The molecule has 0 aromatic carbocycles. The van der Waals surface area contributed by atoms with E-state index in [9.17, 15) is 4.79 Å². The standard InChI is InChI=1S/C20H32N4O2/c1-4-6-16(3)24-15-20(26-19(24)25)8-10-23(11-9-20)14-17-12-21-18(7-5-2)22-13-17/h12-13,16H,4-11,14-15H2,1-3H3/t16-/m1/s1. The fourth-order valence-electron chi connectivity index (χ4n) is 4.01. The maximum atomic E-state index is 12.3. The Bertz CT molecular complexity index is 596. The van der Waals surface area contributed by atoms with Crippen molar-refractivity contribution in [3.63, 3.8) is 0 Å². The van der Waals surface area contributed by atoms with Crippen molar-refractivity contribution in [2.45, 2.75) is 77.5 Å². The van der Waals surface area contributed by atoms with Gasteiger partial charge in [0.05, 0.1) is 6.54 Å². The lowest BCUT2D eigenvalue weighted by Gasteiger charge is -2.37. The zero-order valence-corrected chi connectivity index (χ0v) is 16.4. The number of hydrogen-bond donors (Lipinski definition) is 0. The van der Waals surface area contributed by atoms with Crippen LogP contribution in [-0.4, -0.2) is 57.1 Å². The topological polar surface area (TPSA) is 58.6 Å². The number of ether oxygens (including phenoxy) is 1. The summed E-state index contributed by atoms with van der Waals surface area (Å²) in [6.45, 7) is 9.93. The minimum absolute atomic E-state index is 0.126. The molecule has 2 aliphatic rings. The Balaban J connectivity index is 1.52. The van der Waals surface area contributed by atoms with E-state index in [-0.39, 0.29) is 17.7 Å². The van der Waals surface area contributed by atoms with Crippen molar-refractivity contribution in [3.05, 3.63) is 23.8 Å². The minimum Gasteiger partial charge on any atom is -0.441 e. The Kier molecular flexibility index (Phi) is 6.12. The lowest BCUT2D eigenvalue weighted by atomic mass is 9.91. The molecule has 3 rings (SSSR count). The van der Waals surface area contributed by atoms with Gasteiger partial charge in [0.15, 0.2) is 0 Å². The number of aryl methyl sites for hydroxylation is 1. The summed E-state index contributed by atoms with van der Waals surface area (Å²) in [5.74, 6) is 0.924. The summed E-state index contributed by atoms with van der Waals surface area (Å²) < 4.78 is 5.85. The summed E-state index contributed by atoms with van der Waals surface area (Å²) in [7, 11) is 0. The van der Waals surface area contributed by atoms with Crippen LogP contribution < -0.4 is 0 Å². The summed E-state index contributed by atoms with van der Waals surface area (Å²) in [5, 5.41) is 0. The highest BCUT2D eigenvalue weighted by Gasteiger charge is 2.47. The SMILES string of the molecule is CCCc1ncc(CN2CCC3(CC2)CN([C@H](C)CCC)C(=O)O3)cn1. The molecule has 2 saturated heterocycles. The first-order valence-electron chi connectivity index (χ1n) is 10.1. The van der Waals surface area contributed by atoms with Gasteiger partial charge in [-0.25, -0.2) is 14.8 Å². The maximum Gasteiger partial charge on any atom is 0.410 e. The predicted molar refractivity (Wildman–Crippen MR) is 101 cm³/mol.